The Hall–Kier alpha value is -1.49. The Bertz CT molecular complexity index is 230. The predicted molar refractivity (Wildman–Crippen MR) is 33.2 cm³/mol. The first kappa shape index (κ1) is 5.64. The first-order valence-corrected chi connectivity index (χ1v) is 2.41. The molecule has 1 aliphatic rings. The van der Waals surface area contributed by atoms with Crippen LogP contribution in [0.15, 0.2) is 23.5 Å². The van der Waals surface area contributed by atoms with Crippen LogP contribution >= 0.6 is 0 Å². The summed E-state index contributed by atoms with van der Waals surface area (Å²) < 4.78 is 0. The molecule has 0 spiro atoms. The van der Waals surface area contributed by atoms with E-state index in [0.29, 0.717) is 17.6 Å². The van der Waals surface area contributed by atoms with Crippen LogP contribution in [0.1, 0.15) is 0 Å². The van der Waals surface area contributed by atoms with Gasteiger partial charge in [0.05, 0.1) is 0 Å². The summed E-state index contributed by atoms with van der Waals surface area (Å²) in [4.78, 5) is 10.0. The Labute approximate surface area is 53.3 Å². The minimum absolute atomic E-state index is 0.392. The summed E-state index contributed by atoms with van der Waals surface area (Å²) in [5.74, 6) is 2.36. The quantitative estimate of drug-likeness (QED) is 0.357. The van der Waals surface area contributed by atoms with E-state index < -0.39 is 0 Å². The molecule has 43 valence electrons. The molecule has 0 aromatic heterocycles. The molecule has 0 aromatic carbocycles. The van der Waals surface area contributed by atoms with E-state index in [9.17, 15) is 4.79 Å². The van der Waals surface area contributed by atoms with Gasteiger partial charge in [-0.15, -0.1) is 6.42 Å². The third-order valence-corrected chi connectivity index (χ3v) is 0.944. The van der Waals surface area contributed by atoms with Gasteiger partial charge in [-0.2, -0.15) is 0 Å². The summed E-state index contributed by atoms with van der Waals surface area (Å²) >= 11 is 0. The van der Waals surface area contributed by atoms with Crippen LogP contribution in [0.25, 0.3) is 0 Å². The number of aldehydes is 1. The van der Waals surface area contributed by atoms with Crippen LogP contribution in [0.3, 0.4) is 0 Å². The maximum atomic E-state index is 10.0. The van der Waals surface area contributed by atoms with E-state index in [1.165, 1.54) is 6.20 Å². The van der Waals surface area contributed by atoms with Gasteiger partial charge in [-0.1, -0.05) is 5.92 Å². The van der Waals surface area contributed by atoms with Gasteiger partial charge in [0, 0.05) is 11.8 Å². The lowest BCUT2D eigenvalue weighted by atomic mass is 10.3. The van der Waals surface area contributed by atoms with Crippen LogP contribution in [-0.2, 0) is 4.79 Å². The van der Waals surface area contributed by atoms with Crippen molar-refractivity contribution in [1.82, 2.24) is 5.32 Å². The number of rotatable bonds is 1. The summed E-state index contributed by atoms with van der Waals surface area (Å²) in [6.07, 6.45) is 8.73. The second-order valence-electron chi connectivity index (χ2n) is 1.54. The SMILES string of the molecule is C#CC1=C[N]C(C=O)=C1. The smallest absolute Gasteiger partial charge is 0.168 e. The average molecular weight is 118 g/mol. The largest absolute Gasteiger partial charge is 0.296 e. The van der Waals surface area contributed by atoms with Crippen molar-refractivity contribution in [1.29, 1.82) is 0 Å². The van der Waals surface area contributed by atoms with Crippen LogP contribution in [0.2, 0.25) is 0 Å². The third kappa shape index (κ3) is 1.000. The fraction of sp³-hybridized carbons (Fsp3) is 0. The number of carbonyl (C=O) groups excluding carboxylic acids is 1. The topological polar surface area (TPSA) is 31.2 Å². The van der Waals surface area contributed by atoms with E-state index in [4.69, 9.17) is 6.42 Å². The Morgan fingerprint density at radius 1 is 1.78 bits per heavy atom. The second kappa shape index (κ2) is 2.19. The Morgan fingerprint density at radius 3 is 2.89 bits per heavy atom. The predicted octanol–water partition coefficient (Wildman–Crippen LogP) is 0.204. The standard InChI is InChI=1S/C7H4NO/c1-2-6-3-7(5-9)8-4-6/h1,3-5H. The molecule has 0 N–H and O–H groups in total. The van der Waals surface area contributed by atoms with Gasteiger partial charge >= 0.3 is 0 Å². The summed E-state index contributed by atoms with van der Waals surface area (Å²) in [6.45, 7) is 0. The van der Waals surface area contributed by atoms with Gasteiger partial charge < -0.3 is 0 Å². The van der Waals surface area contributed by atoms with E-state index in [0.717, 1.165) is 0 Å². The summed E-state index contributed by atoms with van der Waals surface area (Å²) in [7, 11) is 0. The van der Waals surface area contributed by atoms with Crippen LogP contribution < -0.4 is 5.32 Å². The highest BCUT2D eigenvalue weighted by atomic mass is 16.1. The molecule has 0 amide bonds. The lowest BCUT2D eigenvalue weighted by Gasteiger charge is -1.79. The van der Waals surface area contributed by atoms with Gasteiger partial charge in [-0.3, -0.25) is 10.1 Å². The van der Waals surface area contributed by atoms with E-state index in [-0.39, 0.29) is 0 Å². The lowest BCUT2D eigenvalue weighted by molar-refractivity contribution is -0.105. The maximum Gasteiger partial charge on any atom is 0.168 e. The molecule has 0 bridgehead atoms. The van der Waals surface area contributed by atoms with Crippen molar-refractivity contribution in [2.75, 3.05) is 0 Å². The molecule has 2 heteroatoms. The molecular formula is C7H4NO. The highest BCUT2D eigenvalue weighted by Gasteiger charge is 2.02. The molecule has 0 unspecified atom stereocenters. The maximum absolute atomic E-state index is 10.0. The first-order chi connectivity index (χ1) is 4.36. The normalized spacial score (nSPS) is 15.0. The van der Waals surface area contributed by atoms with Gasteiger partial charge in [0.1, 0.15) is 5.70 Å². The number of nitrogens with zero attached hydrogens (tertiary/aromatic N) is 1. The summed E-state index contributed by atoms with van der Waals surface area (Å²) in [5.41, 5.74) is 1.04. The number of allylic oxidation sites excluding steroid dienone is 3. The van der Waals surface area contributed by atoms with Crippen LogP contribution in [-0.4, -0.2) is 6.29 Å². The molecule has 1 radical (unpaired) electrons. The van der Waals surface area contributed by atoms with Crippen molar-refractivity contribution in [2.45, 2.75) is 0 Å². The van der Waals surface area contributed by atoms with Crippen molar-refractivity contribution < 1.29 is 4.79 Å². The van der Waals surface area contributed by atoms with Gasteiger partial charge in [-0.05, 0) is 6.08 Å². The molecule has 9 heavy (non-hydrogen) atoms. The zero-order valence-electron chi connectivity index (χ0n) is 4.66. The van der Waals surface area contributed by atoms with Crippen LogP contribution in [0.4, 0.5) is 0 Å². The minimum atomic E-state index is 0.392. The van der Waals surface area contributed by atoms with Crippen molar-refractivity contribution in [3.8, 4) is 12.3 Å². The molecule has 0 saturated carbocycles. The molecule has 1 heterocycles. The molecular weight excluding hydrogens is 114 g/mol. The Morgan fingerprint density at radius 2 is 2.56 bits per heavy atom. The molecule has 0 atom stereocenters. The molecule has 2 nitrogen and oxygen atoms in total. The Kier molecular flexibility index (Phi) is 1.37. The highest BCUT2D eigenvalue weighted by Crippen LogP contribution is 2.05. The van der Waals surface area contributed by atoms with Gasteiger partial charge in [0.2, 0.25) is 0 Å². The van der Waals surface area contributed by atoms with E-state index in [2.05, 4.69) is 11.2 Å². The first-order valence-electron chi connectivity index (χ1n) is 2.41. The van der Waals surface area contributed by atoms with Gasteiger partial charge in [0.15, 0.2) is 6.29 Å². The van der Waals surface area contributed by atoms with Gasteiger partial charge in [-0.25, -0.2) is 0 Å². The van der Waals surface area contributed by atoms with E-state index >= 15 is 0 Å². The highest BCUT2D eigenvalue weighted by molar-refractivity contribution is 5.76. The van der Waals surface area contributed by atoms with Crippen molar-refractivity contribution in [3.63, 3.8) is 0 Å². The van der Waals surface area contributed by atoms with Crippen molar-refractivity contribution in [3.05, 3.63) is 23.5 Å². The van der Waals surface area contributed by atoms with Gasteiger partial charge in [0.25, 0.3) is 0 Å². The second-order valence-corrected chi connectivity index (χ2v) is 1.54. The van der Waals surface area contributed by atoms with E-state index in [1.807, 2.05) is 0 Å². The fourth-order valence-electron chi connectivity index (χ4n) is 0.521. The molecule has 0 aliphatic carbocycles. The summed E-state index contributed by atoms with van der Waals surface area (Å²) in [5, 5.41) is 3.69. The number of carbonyl (C=O) groups is 1. The fourth-order valence-corrected chi connectivity index (χ4v) is 0.521. The number of terminal acetylenes is 1. The zero-order valence-corrected chi connectivity index (χ0v) is 4.66. The number of hydrogen-bond donors (Lipinski definition) is 0. The average Bonchev–Trinajstić information content (AvgIpc) is 2.34. The molecule has 0 saturated heterocycles. The van der Waals surface area contributed by atoms with Crippen molar-refractivity contribution in [2.24, 2.45) is 0 Å². The summed E-state index contributed by atoms with van der Waals surface area (Å²) in [6, 6.07) is 0. The molecule has 1 rings (SSSR count). The lowest BCUT2D eigenvalue weighted by Crippen LogP contribution is -1.90. The Balaban J connectivity index is 2.76. The van der Waals surface area contributed by atoms with E-state index in [1.54, 1.807) is 6.08 Å². The molecule has 1 aliphatic heterocycles. The monoisotopic (exact) mass is 118 g/mol. The zero-order chi connectivity index (χ0) is 6.69. The molecule has 0 fully saturated rings. The number of hydrogen-bond acceptors (Lipinski definition) is 1. The van der Waals surface area contributed by atoms with Crippen molar-refractivity contribution >= 4 is 6.29 Å². The van der Waals surface area contributed by atoms with Crippen LogP contribution in [0.5, 0.6) is 0 Å². The third-order valence-electron chi connectivity index (χ3n) is 0.944. The van der Waals surface area contributed by atoms with Crippen LogP contribution in [0, 0.1) is 12.3 Å². The molecule has 0 aromatic rings. The minimum Gasteiger partial charge on any atom is -0.296 e.